The van der Waals surface area contributed by atoms with Gasteiger partial charge < -0.3 is 30.9 Å². The van der Waals surface area contributed by atoms with E-state index in [9.17, 15) is 15.0 Å². The molecule has 1 saturated heterocycles. The van der Waals surface area contributed by atoms with Crippen molar-refractivity contribution in [2.45, 2.75) is 31.8 Å². The maximum Gasteiger partial charge on any atom is 0.261 e. The molecule has 2 aliphatic heterocycles. The second-order valence-electron chi connectivity index (χ2n) is 8.74. The highest BCUT2D eigenvalue weighted by atomic mass is 35.5. The summed E-state index contributed by atoms with van der Waals surface area (Å²) in [6.45, 7) is 3.39. The van der Waals surface area contributed by atoms with Gasteiger partial charge in [0.25, 0.3) is 5.91 Å². The van der Waals surface area contributed by atoms with Crippen LogP contribution in [0.2, 0.25) is 5.02 Å². The normalized spacial score (nSPS) is 21.0. The number of ether oxygens (including phenoxy) is 1. The number of carbonyl (C=O) groups is 1. The number of nitrogens with zero attached hydrogens (tertiary/aromatic N) is 3. The third-order valence-electron chi connectivity index (χ3n) is 6.17. The molecule has 0 spiro atoms. The van der Waals surface area contributed by atoms with Crippen LogP contribution < -0.4 is 20.7 Å². The topological polar surface area (TPSA) is 134 Å². The molecule has 1 fully saturated rings. The summed E-state index contributed by atoms with van der Waals surface area (Å²) in [5, 5.41) is 22.6. The van der Waals surface area contributed by atoms with Gasteiger partial charge in [0, 0.05) is 56.3 Å². The van der Waals surface area contributed by atoms with Crippen molar-refractivity contribution in [2.24, 2.45) is 11.7 Å². The van der Waals surface area contributed by atoms with Crippen LogP contribution in [-0.2, 0) is 11.2 Å². The van der Waals surface area contributed by atoms with Gasteiger partial charge in [-0.05, 0) is 31.7 Å². The number of hydrogen-bond donors (Lipinski definition) is 4. The lowest BCUT2D eigenvalue weighted by Crippen LogP contribution is -2.35. The fraction of sp³-hybridized carbons (Fsp3) is 0.435. The number of aromatic nitrogens is 2. The minimum Gasteiger partial charge on any atom is -0.484 e. The predicted octanol–water partition coefficient (Wildman–Crippen LogP) is 1.96. The number of rotatable bonds is 6. The lowest BCUT2D eigenvalue weighted by Gasteiger charge is -2.34. The zero-order valence-electron chi connectivity index (χ0n) is 18.4. The van der Waals surface area contributed by atoms with E-state index in [0.29, 0.717) is 22.9 Å². The van der Waals surface area contributed by atoms with Gasteiger partial charge in [-0.15, -0.1) is 0 Å². The van der Waals surface area contributed by atoms with E-state index in [4.69, 9.17) is 22.1 Å². The summed E-state index contributed by atoms with van der Waals surface area (Å²) >= 11 is 5.86. The van der Waals surface area contributed by atoms with Crippen molar-refractivity contribution >= 4 is 34.5 Å². The van der Waals surface area contributed by atoms with Gasteiger partial charge in [0.1, 0.15) is 11.4 Å². The molecule has 33 heavy (non-hydrogen) atoms. The molecule has 1 atom stereocenters. The Morgan fingerprint density at radius 1 is 1.33 bits per heavy atom. The molecule has 2 aromatic rings. The number of carbonyl (C=O) groups excluding carboxylic acids is 1. The monoisotopic (exact) mass is 473 g/mol. The third kappa shape index (κ3) is 4.90. The van der Waals surface area contributed by atoms with Gasteiger partial charge in [0.2, 0.25) is 0 Å². The molecule has 1 amide bonds. The van der Waals surface area contributed by atoms with Gasteiger partial charge in [-0.1, -0.05) is 11.6 Å². The average Bonchev–Trinajstić information content (AvgIpc) is 3.16. The van der Waals surface area contributed by atoms with E-state index < -0.39 is 11.5 Å². The Hall–Kier alpha value is -2.88. The number of anilines is 2. The standard InChI is InChI=1S/C23H28ClN5O4/c1-23(13-31)8-15-6-18(28-22(32)17(9-25)21-26-10-16(24)11-27-21)19(7-20(15)33-23)29-4-2-14(12-30)3-5-29/h6-7,9-11,14,30-31H,2-5,8,12-13,25H2,1H3,(H,28,32)/b17-9+/t23-/m1/s1. The second kappa shape index (κ2) is 9.54. The second-order valence-corrected chi connectivity index (χ2v) is 9.17. The van der Waals surface area contributed by atoms with E-state index >= 15 is 0 Å². The van der Waals surface area contributed by atoms with Crippen LogP contribution in [0.15, 0.2) is 30.7 Å². The zero-order chi connectivity index (χ0) is 23.6. The van der Waals surface area contributed by atoms with Crippen LogP contribution in [0.4, 0.5) is 11.4 Å². The fourth-order valence-corrected chi connectivity index (χ4v) is 4.35. The molecular weight excluding hydrogens is 446 g/mol. The number of nitrogens with two attached hydrogens (primary N) is 1. The van der Waals surface area contributed by atoms with Gasteiger partial charge >= 0.3 is 0 Å². The number of aliphatic hydroxyl groups is 2. The van der Waals surface area contributed by atoms with Crippen molar-refractivity contribution in [3.8, 4) is 5.75 Å². The molecule has 1 aromatic carbocycles. The summed E-state index contributed by atoms with van der Waals surface area (Å²) in [4.78, 5) is 23.5. The third-order valence-corrected chi connectivity index (χ3v) is 6.36. The Morgan fingerprint density at radius 3 is 2.64 bits per heavy atom. The van der Waals surface area contributed by atoms with Gasteiger partial charge in [0.15, 0.2) is 5.82 Å². The van der Waals surface area contributed by atoms with Gasteiger partial charge in [0.05, 0.1) is 28.6 Å². The lowest BCUT2D eigenvalue weighted by atomic mass is 9.96. The van der Waals surface area contributed by atoms with Crippen LogP contribution in [0.5, 0.6) is 5.75 Å². The van der Waals surface area contributed by atoms with Crippen molar-refractivity contribution < 1.29 is 19.7 Å². The van der Waals surface area contributed by atoms with Crippen molar-refractivity contribution in [1.29, 1.82) is 0 Å². The SMILES string of the molecule is C[C@]1(CO)Cc2cc(NC(=O)/C(=C/N)c3ncc(Cl)cn3)c(N3CCC(CO)CC3)cc2O1. The molecule has 176 valence electrons. The van der Waals surface area contributed by atoms with E-state index in [1.807, 2.05) is 19.1 Å². The first kappa shape index (κ1) is 23.3. The number of aliphatic hydroxyl groups excluding tert-OH is 2. The number of hydrogen-bond acceptors (Lipinski definition) is 8. The van der Waals surface area contributed by atoms with Gasteiger partial charge in [-0.25, -0.2) is 9.97 Å². The quantitative estimate of drug-likeness (QED) is 0.468. The molecule has 5 N–H and O–H groups in total. The lowest BCUT2D eigenvalue weighted by molar-refractivity contribution is -0.111. The number of fused-ring (bicyclic) bond motifs is 1. The minimum atomic E-state index is -0.703. The molecule has 0 radical (unpaired) electrons. The first-order valence-electron chi connectivity index (χ1n) is 10.9. The number of nitrogens with one attached hydrogen (secondary N) is 1. The summed E-state index contributed by atoms with van der Waals surface area (Å²) in [7, 11) is 0. The zero-order valence-corrected chi connectivity index (χ0v) is 19.2. The fourth-order valence-electron chi connectivity index (χ4n) is 4.25. The molecule has 9 nitrogen and oxygen atoms in total. The molecule has 1 aromatic heterocycles. The van der Waals surface area contributed by atoms with E-state index in [1.54, 1.807) is 0 Å². The first-order chi connectivity index (χ1) is 15.9. The summed E-state index contributed by atoms with van der Waals surface area (Å²) < 4.78 is 6.03. The molecule has 3 heterocycles. The largest absolute Gasteiger partial charge is 0.484 e. The summed E-state index contributed by atoms with van der Waals surface area (Å²) in [6, 6.07) is 3.80. The van der Waals surface area contributed by atoms with Gasteiger partial charge in [-0.3, -0.25) is 4.79 Å². The molecule has 0 saturated carbocycles. The Bertz CT molecular complexity index is 1050. The van der Waals surface area contributed by atoms with Crippen molar-refractivity contribution in [3.63, 3.8) is 0 Å². The number of piperidine rings is 1. The molecular formula is C23H28ClN5O4. The van der Waals surface area contributed by atoms with E-state index in [2.05, 4.69) is 20.2 Å². The van der Waals surface area contributed by atoms with Crippen molar-refractivity contribution in [3.05, 3.63) is 47.1 Å². The van der Waals surface area contributed by atoms with E-state index in [-0.39, 0.29) is 30.5 Å². The van der Waals surface area contributed by atoms with E-state index in [0.717, 1.165) is 37.2 Å². The maximum absolute atomic E-state index is 13.2. The van der Waals surface area contributed by atoms with Crippen LogP contribution in [0.25, 0.3) is 5.57 Å². The first-order valence-corrected chi connectivity index (χ1v) is 11.3. The Labute approximate surface area is 197 Å². The Balaban J connectivity index is 1.65. The van der Waals surface area contributed by atoms with Gasteiger partial charge in [-0.2, -0.15) is 0 Å². The summed E-state index contributed by atoms with van der Waals surface area (Å²) in [5.74, 6) is 0.688. The van der Waals surface area contributed by atoms with Crippen LogP contribution in [0.1, 0.15) is 31.2 Å². The van der Waals surface area contributed by atoms with Crippen molar-refractivity contribution in [1.82, 2.24) is 9.97 Å². The maximum atomic E-state index is 13.2. The minimum absolute atomic E-state index is 0.117. The number of amides is 1. The number of benzene rings is 1. The highest BCUT2D eigenvalue weighted by Gasteiger charge is 2.36. The van der Waals surface area contributed by atoms with Crippen LogP contribution in [0.3, 0.4) is 0 Å². The number of halogens is 1. The van der Waals surface area contributed by atoms with Crippen LogP contribution in [-0.4, -0.2) is 58.0 Å². The highest BCUT2D eigenvalue weighted by Crippen LogP contribution is 2.42. The Kier molecular flexibility index (Phi) is 6.73. The van der Waals surface area contributed by atoms with E-state index in [1.165, 1.54) is 18.6 Å². The van der Waals surface area contributed by atoms with Crippen molar-refractivity contribution in [2.75, 3.05) is 36.5 Å². The molecule has 0 unspecified atom stereocenters. The van der Waals surface area contributed by atoms with Crippen LogP contribution in [0, 0.1) is 5.92 Å². The highest BCUT2D eigenvalue weighted by molar-refractivity contribution is 6.30. The summed E-state index contributed by atoms with van der Waals surface area (Å²) in [5.41, 5.74) is 7.48. The molecule has 4 rings (SSSR count). The Morgan fingerprint density at radius 2 is 2.03 bits per heavy atom. The molecule has 10 heteroatoms. The summed E-state index contributed by atoms with van der Waals surface area (Å²) in [6.07, 6.45) is 6.20. The molecule has 0 aliphatic carbocycles. The molecule has 2 aliphatic rings. The average molecular weight is 474 g/mol. The predicted molar refractivity (Wildman–Crippen MR) is 126 cm³/mol. The molecule has 0 bridgehead atoms. The van der Waals surface area contributed by atoms with Crippen LogP contribution >= 0.6 is 11.6 Å². The smallest absolute Gasteiger partial charge is 0.261 e.